The van der Waals surface area contributed by atoms with Gasteiger partial charge in [0.25, 0.3) is 5.91 Å². The number of likely N-dealkylation sites (tertiary alicyclic amines) is 1. The largest absolute Gasteiger partial charge is 0.492 e. The Kier molecular flexibility index (Phi) is 6.43. The number of amides is 3. The highest BCUT2D eigenvalue weighted by molar-refractivity contribution is 6.05. The van der Waals surface area contributed by atoms with E-state index in [-0.39, 0.29) is 36.8 Å². The molecule has 1 N–H and O–H groups in total. The van der Waals surface area contributed by atoms with E-state index < -0.39 is 17.6 Å². The topological polar surface area (TPSA) is 105 Å². The van der Waals surface area contributed by atoms with Crippen LogP contribution in [0.1, 0.15) is 62.4 Å². The van der Waals surface area contributed by atoms with Gasteiger partial charge in [-0.2, -0.15) is 0 Å². The van der Waals surface area contributed by atoms with Crippen molar-refractivity contribution in [1.82, 2.24) is 15.1 Å². The average molecular weight is 458 g/mol. The van der Waals surface area contributed by atoms with Crippen molar-refractivity contribution in [3.63, 3.8) is 0 Å². The number of fused-ring (bicyclic) bond motifs is 1. The van der Waals surface area contributed by atoms with Crippen LogP contribution in [0.4, 0.5) is 0 Å². The number of rotatable bonds is 6. The third-order valence-electron chi connectivity index (χ3n) is 6.22. The summed E-state index contributed by atoms with van der Waals surface area (Å²) in [4.78, 5) is 52.8. The van der Waals surface area contributed by atoms with Gasteiger partial charge >= 0.3 is 5.97 Å². The zero-order chi connectivity index (χ0) is 23.8. The van der Waals surface area contributed by atoms with Crippen LogP contribution in [0.5, 0.6) is 5.75 Å². The fraction of sp³-hybridized carbons (Fsp3) is 0.583. The Labute approximate surface area is 193 Å². The van der Waals surface area contributed by atoms with Crippen molar-refractivity contribution in [2.45, 2.75) is 70.7 Å². The second-order valence-corrected chi connectivity index (χ2v) is 9.76. The molecule has 0 aliphatic carbocycles. The summed E-state index contributed by atoms with van der Waals surface area (Å²) in [5, 5.41) is 2.31. The number of nitrogens with zero attached hydrogens (tertiary/aromatic N) is 2. The Morgan fingerprint density at radius 2 is 1.97 bits per heavy atom. The van der Waals surface area contributed by atoms with Crippen LogP contribution in [-0.4, -0.2) is 70.9 Å². The molecule has 3 amide bonds. The van der Waals surface area contributed by atoms with Crippen LogP contribution in [0, 0.1) is 0 Å². The van der Waals surface area contributed by atoms with Crippen molar-refractivity contribution in [1.29, 1.82) is 0 Å². The van der Waals surface area contributed by atoms with Gasteiger partial charge < -0.3 is 14.4 Å². The van der Waals surface area contributed by atoms with Crippen molar-refractivity contribution in [3.05, 3.63) is 29.3 Å². The van der Waals surface area contributed by atoms with Crippen LogP contribution < -0.4 is 10.1 Å². The first kappa shape index (κ1) is 23.2. The molecule has 0 bridgehead atoms. The maximum atomic E-state index is 12.9. The monoisotopic (exact) mass is 457 g/mol. The zero-order valence-corrected chi connectivity index (χ0v) is 19.4. The van der Waals surface area contributed by atoms with Gasteiger partial charge in [0.05, 0.1) is 6.54 Å². The van der Waals surface area contributed by atoms with Gasteiger partial charge in [0.1, 0.15) is 30.0 Å². The maximum absolute atomic E-state index is 12.9. The first-order valence-corrected chi connectivity index (χ1v) is 11.5. The summed E-state index contributed by atoms with van der Waals surface area (Å²) in [6.45, 7) is 7.59. The van der Waals surface area contributed by atoms with Gasteiger partial charge in [0, 0.05) is 24.1 Å². The summed E-state index contributed by atoms with van der Waals surface area (Å²) in [6.07, 6.45) is 2.24. The van der Waals surface area contributed by atoms with Gasteiger partial charge in [-0.3, -0.25) is 29.4 Å². The molecule has 0 aromatic heterocycles. The molecule has 3 heterocycles. The molecule has 178 valence electrons. The lowest BCUT2D eigenvalue weighted by Gasteiger charge is -2.29. The van der Waals surface area contributed by atoms with E-state index in [0.29, 0.717) is 30.9 Å². The molecule has 33 heavy (non-hydrogen) atoms. The smallest absolute Gasteiger partial charge is 0.323 e. The summed E-state index contributed by atoms with van der Waals surface area (Å²) in [5.74, 6) is -0.572. The van der Waals surface area contributed by atoms with Gasteiger partial charge in [-0.1, -0.05) is 6.07 Å². The molecule has 2 fully saturated rings. The van der Waals surface area contributed by atoms with Gasteiger partial charge in [-0.15, -0.1) is 0 Å². The van der Waals surface area contributed by atoms with Gasteiger partial charge in [0.2, 0.25) is 11.8 Å². The number of esters is 1. The normalized spacial score (nSPS) is 23.5. The Hall–Kier alpha value is -2.94. The Balaban J connectivity index is 1.38. The van der Waals surface area contributed by atoms with Gasteiger partial charge in [0.15, 0.2) is 0 Å². The van der Waals surface area contributed by atoms with E-state index in [1.165, 1.54) is 4.90 Å². The van der Waals surface area contributed by atoms with E-state index in [2.05, 4.69) is 10.2 Å². The molecule has 2 saturated heterocycles. The molecule has 1 aromatic rings. The molecule has 0 saturated carbocycles. The molecule has 1 aromatic carbocycles. The summed E-state index contributed by atoms with van der Waals surface area (Å²) in [5.41, 5.74) is 0.746. The predicted octanol–water partition coefficient (Wildman–Crippen LogP) is 1.63. The van der Waals surface area contributed by atoms with E-state index in [4.69, 9.17) is 9.47 Å². The molecule has 1 unspecified atom stereocenters. The van der Waals surface area contributed by atoms with Crippen LogP contribution >= 0.6 is 0 Å². The van der Waals surface area contributed by atoms with Crippen molar-refractivity contribution >= 4 is 23.7 Å². The van der Waals surface area contributed by atoms with Crippen molar-refractivity contribution in [3.8, 4) is 5.75 Å². The van der Waals surface area contributed by atoms with E-state index >= 15 is 0 Å². The highest BCUT2D eigenvalue weighted by Crippen LogP contribution is 2.33. The molecule has 3 aliphatic rings. The SMILES string of the molecule is CC(C)(C)OC(=O)[C@H]1CCCN1CCOc1cccc2c1CN(C1CCC(=O)NC1=O)C2=O. The number of hydrogen-bond donors (Lipinski definition) is 1. The Bertz CT molecular complexity index is 969. The second kappa shape index (κ2) is 9.13. The predicted molar refractivity (Wildman–Crippen MR) is 118 cm³/mol. The number of benzene rings is 1. The minimum absolute atomic E-state index is 0.203. The van der Waals surface area contributed by atoms with Crippen LogP contribution in [-0.2, 0) is 25.7 Å². The summed E-state index contributed by atoms with van der Waals surface area (Å²) in [7, 11) is 0. The fourth-order valence-corrected chi connectivity index (χ4v) is 4.70. The van der Waals surface area contributed by atoms with Crippen molar-refractivity contribution in [2.75, 3.05) is 19.7 Å². The summed E-state index contributed by atoms with van der Waals surface area (Å²) < 4.78 is 11.6. The summed E-state index contributed by atoms with van der Waals surface area (Å²) >= 11 is 0. The minimum Gasteiger partial charge on any atom is -0.492 e. The molecular weight excluding hydrogens is 426 g/mol. The molecule has 0 radical (unpaired) electrons. The molecule has 2 atom stereocenters. The number of ether oxygens (including phenoxy) is 2. The number of piperidine rings is 1. The van der Waals surface area contributed by atoms with E-state index in [9.17, 15) is 19.2 Å². The summed E-state index contributed by atoms with van der Waals surface area (Å²) in [6, 6.07) is 4.39. The second-order valence-electron chi connectivity index (χ2n) is 9.76. The maximum Gasteiger partial charge on any atom is 0.323 e. The Morgan fingerprint density at radius 1 is 1.18 bits per heavy atom. The lowest BCUT2D eigenvalue weighted by atomic mass is 10.0. The number of imide groups is 1. The standard InChI is InChI=1S/C24H31N3O6/c1-24(2,3)33-23(31)18-7-5-11-26(18)12-13-32-19-8-4-6-15-16(19)14-27(22(15)30)17-9-10-20(28)25-21(17)29/h4,6,8,17-18H,5,7,9-14H2,1-3H3,(H,25,28,29)/t17?,18-/m1/s1. The lowest BCUT2D eigenvalue weighted by molar-refractivity contribution is -0.160. The third-order valence-corrected chi connectivity index (χ3v) is 6.22. The van der Waals surface area contributed by atoms with Crippen molar-refractivity contribution < 1.29 is 28.7 Å². The first-order chi connectivity index (χ1) is 15.6. The molecule has 4 rings (SSSR count). The Morgan fingerprint density at radius 3 is 2.70 bits per heavy atom. The van der Waals surface area contributed by atoms with Crippen LogP contribution in [0.2, 0.25) is 0 Å². The average Bonchev–Trinajstić information content (AvgIpc) is 3.32. The molecule has 3 aliphatic heterocycles. The van der Waals surface area contributed by atoms with Gasteiger partial charge in [-0.05, 0) is 58.7 Å². The quantitative estimate of drug-likeness (QED) is 0.511. The number of nitrogens with one attached hydrogen (secondary N) is 1. The minimum atomic E-state index is -0.658. The highest BCUT2D eigenvalue weighted by Gasteiger charge is 2.40. The number of hydrogen-bond acceptors (Lipinski definition) is 7. The van der Waals surface area contributed by atoms with Crippen LogP contribution in [0.15, 0.2) is 18.2 Å². The van der Waals surface area contributed by atoms with Crippen LogP contribution in [0.25, 0.3) is 0 Å². The van der Waals surface area contributed by atoms with E-state index in [1.54, 1.807) is 12.1 Å². The zero-order valence-electron chi connectivity index (χ0n) is 19.4. The lowest BCUT2D eigenvalue weighted by Crippen LogP contribution is -2.52. The van der Waals surface area contributed by atoms with Gasteiger partial charge in [-0.25, -0.2) is 0 Å². The molecule has 9 heteroatoms. The molecule has 0 spiro atoms. The fourth-order valence-electron chi connectivity index (χ4n) is 4.70. The number of carbonyl (C=O) groups excluding carboxylic acids is 4. The van der Waals surface area contributed by atoms with Crippen molar-refractivity contribution in [2.24, 2.45) is 0 Å². The molecule has 9 nitrogen and oxygen atoms in total. The third kappa shape index (κ3) is 5.03. The molecular formula is C24H31N3O6. The van der Waals surface area contributed by atoms with E-state index in [1.807, 2.05) is 26.8 Å². The highest BCUT2D eigenvalue weighted by atomic mass is 16.6. The number of carbonyl (C=O) groups is 4. The van der Waals surface area contributed by atoms with Crippen LogP contribution in [0.3, 0.4) is 0 Å². The van der Waals surface area contributed by atoms with E-state index in [0.717, 1.165) is 24.9 Å². The first-order valence-electron chi connectivity index (χ1n) is 11.5.